The van der Waals surface area contributed by atoms with Crippen molar-refractivity contribution in [3.05, 3.63) is 59.9 Å². The summed E-state index contributed by atoms with van der Waals surface area (Å²) in [6.45, 7) is 0. The minimum Gasteiger partial charge on any atom is -0.384 e. The van der Waals surface area contributed by atoms with E-state index in [0.29, 0.717) is 16.8 Å². The third kappa shape index (κ3) is 2.70. The van der Waals surface area contributed by atoms with Gasteiger partial charge in [0.1, 0.15) is 5.84 Å². The fraction of sp³-hybridized carbons (Fsp3) is 0. The Bertz CT molecular complexity index is 563. The number of carbonyl (C=O) groups is 1. The summed E-state index contributed by atoms with van der Waals surface area (Å²) in [6, 6.07) is 10.2. The molecule has 0 aliphatic rings. The summed E-state index contributed by atoms with van der Waals surface area (Å²) in [5.74, 6) is -0.223. The summed E-state index contributed by atoms with van der Waals surface area (Å²) in [4.78, 5) is 15.7. The molecule has 0 aliphatic carbocycles. The lowest BCUT2D eigenvalue weighted by molar-refractivity contribution is 0.102. The Morgan fingerprint density at radius 2 is 1.89 bits per heavy atom. The Labute approximate surface area is 104 Å². The lowest BCUT2D eigenvalue weighted by Crippen LogP contribution is -2.13. The Morgan fingerprint density at radius 1 is 1.17 bits per heavy atom. The van der Waals surface area contributed by atoms with E-state index >= 15 is 0 Å². The number of hydrogen-bond donors (Lipinski definition) is 3. The Morgan fingerprint density at radius 3 is 2.44 bits per heavy atom. The van der Waals surface area contributed by atoms with Gasteiger partial charge in [-0.3, -0.25) is 15.2 Å². The second kappa shape index (κ2) is 5.09. The molecule has 0 saturated carbocycles. The second-order valence-electron chi connectivity index (χ2n) is 3.69. The normalized spacial score (nSPS) is 9.78. The summed E-state index contributed by atoms with van der Waals surface area (Å²) >= 11 is 0. The van der Waals surface area contributed by atoms with Crippen LogP contribution >= 0.6 is 0 Å². The minimum absolute atomic E-state index is 0.000126. The number of benzene rings is 1. The summed E-state index contributed by atoms with van der Waals surface area (Å²) in [5, 5.41) is 10.00. The van der Waals surface area contributed by atoms with Crippen LogP contribution < -0.4 is 11.1 Å². The summed E-state index contributed by atoms with van der Waals surface area (Å²) in [5.41, 5.74) is 7.10. The average Bonchev–Trinajstić information content (AvgIpc) is 2.40. The largest absolute Gasteiger partial charge is 0.384 e. The fourth-order valence-corrected chi connectivity index (χ4v) is 1.43. The van der Waals surface area contributed by atoms with Gasteiger partial charge in [0.15, 0.2) is 0 Å². The molecule has 1 aromatic heterocycles. The zero-order valence-electron chi connectivity index (χ0n) is 9.55. The van der Waals surface area contributed by atoms with Crippen molar-refractivity contribution in [3.8, 4) is 0 Å². The van der Waals surface area contributed by atoms with Gasteiger partial charge in [-0.2, -0.15) is 0 Å². The standard InChI is InChI=1S/C13H12N4O/c14-12(15)9-3-5-11(6-4-9)17-13(18)10-2-1-7-16-8-10/h1-8H,(H3,14,15)(H,17,18). The Balaban J connectivity index is 2.10. The third-order valence-electron chi connectivity index (χ3n) is 2.38. The van der Waals surface area contributed by atoms with E-state index in [2.05, 4.69) is 10.3 Å². The molecule has 0 radical (unpaired) electrons. The predicted molar refractivity (Wildman–Crippen MR) is 69.6 cm³/mol. The van der Waals surface area contributed by atoms with E-state index < -0.39 is 0 Å². The first-order valence-electron chi connectivity index (χ1n) is 5.32. The lowest BCUT2D eigenvalue weighted by atomic mass is 10.2. The molecule has 0 bridgehead atoms. The highest BCUT2D eigenvalue weighted by Crippen LogP contribution is 2.10. The van der Waals surface area contributed by atoms with Crippen LogP contribution in [0.15, 0.2) is 48.8 Å². The Hall–Kier alpha value is -2.69. The summed E-state index contributed by atoms with van der Waals surface area (Å²) < 4.78 is 0. The SMILES string of the molecule is N=C(N)c1ccc(NC(=O)c2cccnc2)cc1. The molecular formula is C13H12N4O. The molecule has 0 atom stereocenters. The van der Waals surface area contributed by atoms with E-state index in [1.807, 2.05) is 0 Å². The predicted octanol–water partition coefficient (Wildman–Crippen LogP) is 1.62. The van der Waals surface area contributed by atoms with Gasteiger partial charge >= 0.3 is 0 Å². The maximum Gasteiger partial charge on any atom is 0.257 e. The fourth-order valence-electron chi connectivity index (χ4n) is 1.43. The van der Waals surface area contributed by atoms with E-state index in [1.165, 1.54) is 6.20 Å². The molecule has 0 saturated heterocycles. The van der Waals surface area contributed by atoms with Gasteiger partial charge < -0.3 is 11.1 Å². The van der Waals surface area contributed by atoms with Crippen molar-refractivity contribution in [3.63, 3.8) is 0 Å². The molecule has 1 heterocycles. The highest BCUT2D eigenvalue weighted by Gasteiger charge is 2.05. The van der Waals surface area contributed by atoms with Gasteiger partial charge in [0.25, 0.3) is 5.91 Å². The zero-order chi connectivity index (χ0) is 13.0. The van der Waals surface area contributed by atoms with Crippen molar-refractivity contribution in [2.45, 2.75) is 0 Å². The highest BCUT2D eigenvalue weighted by molar-refractivity contribution is 6.04. The van der Waals surface area contributed by atoms with E-state index in [9.17, 15) is 4.79 Å². The molecule has 1 amide bonds. The van der Waals surface area contributed by atoms with Crippen molar-refractivity contribution >= 4 is 17.4 Å². The zero-order valence-corrected chi connectivity index (χ0v) is 9.55. The second-order valence-corrected chi connectivity index (χ2v) is 3.69. The average molecular weight is 240 g/mol. The third-order valence-corrected chi connectivity index (χ3v) is 2.38. The van der Waals surface area contributed by atoms with Crippen LogP contribution in [0.25, 0.3) is 0 Å². The monoisotopic (exact) mass is 240 g/mol. The van der Waals surface area contributed by atoms with Crippen molar-refractivity contribution in [2.24, 2.45) is 5.73 Å². The quantitative estimate of drug-likeness (QED) is 0.562. The summed E-state index contributed by atoms with van der Waals surface area (Å²) in [6.07, 6.45) is 3.11. The molecule has 1 aromatic carbocycles. The van der Waals surface area contributed by atoms with Crippen molar-refractivity contribution in [1.29, 1.82) is 5.41 Å². The number of nitrogens with zero attached hydrogens (tertiary/aromatic N) is 1. The molecule has 0 unspecified atom stereocenters. The number of hydrogen-bond acceptors (Lipinski definition) is 3. The molecular weight excluding hydrogens is 228 g/mol. The molecule has 2 aromatic rings. The molecule has 2 rings (SSSR count). The van der Waals surface area contributed by atoms with E-state index in [1.54, 1.807) is 42.6 Å². The van der Waals surface area contributed by atoms with Crippen LogP contribution in [0.5, 0.6) is 0 Å². The number of pyridine rings is 1. The first-order valence-corrected chi connectivity index (χ1v) is 5.32. The van der Waals surface area contributed by atoms with Gasteiger partial charge in [0.05, 0.1) is 5.56 Å². The molecule has 18 heavy (non-hydrogen) atoms. The van der Waals surface area contributed by atoms with Gasteiger partial charge in [-0.1, -0.05) is 0 Å². The smallest absolute Gasteiger partial charge is 0.257 e. The number of carbonyl (C=O) groups excluding carboxylic acids is 1. The van der Waals surface area contributed by atoms with Crippen LogP contribution in [-0.4, -0.2) is 16.7 Å². The molecule has 90 valence electrons. The highest BCUT2D eigenvalue weighted by atomic mass is 16.1. The van der Waals surface area contributed by atoms with Crippen molar-refractivity contribution in [1.82, 2.24) is 4.98 Å². The van der Waals surface area contributed by atoms with E-state index in [-0.39, 0.29) is 11.7 Å². The van der Waals surface area contributed by atoms with Crippen LogP contribution in [-0.2, 0) is 0 Å². The maximum atomic E-state index is 11.8. The minimum atomic E-state index is -0.223. The lowest BCUT2D eigenvalue weighted by Gasteiger charge is -2.05. The van der Waals surface area contributed by atoms with Crippen LogP contribution in [0, 0.1) is 5.41 Å². The molecule has 5 nitrogen and oxygen atoms in total. The Kier molecular flexibility index (Phi) is 3.33. The molecule has 5 heteroatoms. The number of aromatic nitrogens is 1. The number of nitrogen functional groups attached to an aromatic ring is 1. The van der Waals surface area contributed by atoms with Gasteiger partial charge in [0, 0.05) is 23.6 Å². The molecule has 0 aliphatic heterocycles. The number of amidine groups is 1. The summed E-state index contributed by atoms with van der Waals surface area (Å²) in [7, 11) is 0. The van der Waals surface area contributed by atoms with Crippen LogP contribution in [0.2, 0.25) is 0 Å². The van der Waals surface area contributed by atoms with E-state index in [0.717, 1.165) is 0 Å². The van der Waals surface area contributed by atoms with Crippen molar-refractivity contribution < 1.29 is 4.79 Å². The van der Waals surface area contributed by atoms with Gasteiger partial charge in [-0.25, -0.2) is 0 Å². The maximum absolute atomic E-state index is 11.8. The van der Waals surface area contributed by atoms with Gasteiger partial charge in [-0.15, -0.1) is 0 Å². The first kappa shape index (κ1) is 11.8. The number of rotatable bonds is 3. The number of anilines is 1. The number of nitrogens with one attached hydrogen (secondary N) is 2. The van der Waals surface area contributed by atoms with Crippen LogP contribution in [0.4, 0.5) is 5.69 Å². The van der Waals surface area contributed by atoms with Gasteiger partial charge in [0.2, 0.25) is 0 Å². The van der Waals surface area contributed by atoms with Crippen LogP contribution in [0.1, 0.15) is 15.9 Å². The van der Waals surface area contributed by atoms with Crippen LogP contribution in [0.3, 0.4) is 0 Å². The molecule has 0 fully saturated rings. The number of amides is 1. The topological polar surface area (TPSA) is 91.9 Å². The van der Waals surface area contributed by atoms with Gasteiger partial charge in [-0.05, 0) is 36.4 Å². The number of nitrogens with two attached hydrogens (primary N) is 1. The molecule has 0 spiro atoms. The van der Waals surface area contributed by atoms with Crippen molar-refractivity contribution in [2.75, 3.05) is 5.32 Å². The van der Waals surface area contributed by atoms with E-state index in [4.69, 9.17) is 11.1 Å². The first-order chi connectivity index (χ1) is 8.66. The molecule has 4 N–H and O–H groups in total.